The monoisotopic (exact) mass is 420 g/mol. The fourth-order valence-corrected chi connectivity index (χ4v) is 4.99. The molecule has 1 aromatic carbocycles. The number of carbonyl (C=O) groups is 1. The maximum absolute atomic E-state index is 12.4. The molecule has 0 aliphatic heterocycles. The van der Waals surface area contributed by atoms with Gasteiger partial charge in [-0.3, -0.25) is 0 Å². The average molecular weight is 421 g/mol. The second-order valence-electron chi connectivity index (χ2n) is 6.73. The molecule has 1 aromatic heterocycles. The number of esters is 1. The van der Waals surface area contributed by atoms with Gasteiger partial charge in [-0.15, -0.1) is 11.3 Å². The number of thiophene rings is 1. The highest BCUT2D eigenvalue weighted by molar-refractivity contribution is 7.80. The molecule has 6 nitrogen and oxygen atoms in total. The van der Waals surface area contributed by atoms with Crippen LogP contribution in [0.1, 0.15) is 34.1 Å². The van der Waals surface area contributed by atoms with E-state index in [0.29, 0.717) is 28.1 Å². The fourth-order valence-electron chi connectivity index (χ4n) is 3.30. The van der Waals surface area contributed by atoms with E-state index in [0.717, 1.165) is 35.5 Å². The van der Waals surface area contributed by atoms with Gasteiger partial charge in [0.1, 0.15) is 16.5 Å². The molecule has 0 saturated heterocycles. The van der Waals surface area contributed by atoms with E-state index in [4.69, 9.17) is 26.4 Å². The molecule has 3 rings (SSSR count). The quantitative estimate of drug-likeness (QED) is 0.546. The van der Waals surface area contributed by atoms with Crippen molar-refractivity contribution in [1.82, 2.24) is 0 Å². The number of fused-ring (bicyclic) bond motifs is 1. The molecule has 1 atom stereocenters. The Bertz CT molecular complexity index is 872. The first-order chi connectivity index (χ1) is 13.4. The van der Waals surface area contributed by atoms with Gasteiger partial charge >= 0.3 is 5.97 Å². The van der Waals surface area contributed by atoms with Crippen molar-refractivity contribution in [2.75, 3.05) is 32.0 Å². The molecule has 0 spiro atoms. The van der Waals surface area contributed by atoms with Crippen molar-refractivity contribution in [2.24, 2.45) is 5.92 Å². The lowest BCUT2D eigenvalue weighted by molar-refractivity contribution is 0.0601. The van der Waals surface area contributed by atoms with Gasteiger partial charge in [-0.05, 0) is 43.0 Å². The van der Waals surface area contributed by atoms with Crippen molar-refractivity contribution in [3.8, 4) is 11.5 Å². The summed E-state index contributed by atoms with van der Waals surface area (Å²) in [6.07, 6.45) is 2.92. The van der Waals surface area contributed by atoms with Crippen LogP contribution in [0.25, 0.3) is 0 Å². The summed E-state index contributed by atoms with van der Waals surface area (Å²) in [7, 11) is 4.59. The number of hydrogen-bond acceptors (Lipinski definition) is 6. The molecule has 28 heavy (non-hydrogen) atoms. The smallest absolute Gasteiger partial charge is 0.341 e. The van der Waals surface area contributed by atoms with Crippen molar-refractivity contribution >= 4 is 45.3 Å². The number of methoxy groups -OCH3 is 3. The minimum absolute atomic E-state index is 0.333. The van der Waals surface area contributed by atoms with Gasteiger partial charge < -0.3 is 24.8 Å². The molecular formula is C20H24N2O4S2. The highest BCUT2D eigenvalue weighted by Crippen LogP contribution is 2.40. The van der Waals surface area contributed by atoms with Crippen molar-refractivity contribution in [3.63, 3.8) is 0 Å². The first kappa shape index (κ1) is 20.4. The van der Waals surface area contributed by atoms with E-state index in [1.165, 1.54) is 12.0 Å². The second-order valence-corrected chi connectivity index (χ2v) is 8.24. The Balaban J connectivity index is 1.83. The Morgan fingerprint density at radius 3 is 2.43 bits per heavy atom. The van der Waals surface area contributed by atoms with Gasteiger partial charge in [-0.1, -0.05) is 6.92 Å². The van der Waals surface area contributed by atoms with Gasteiger partial charge in [0.25, 0.3) is 0 Å². The minimum Gasteiger partial charge on any atom is -0.497 e. The molecule has 2 aromatic rings. The molecule has 2 N–H and O–H groups in total. The lowest BCUT2D eigenvalue weighted by Gasteiger charge is -2.18. The molecule has 1 heterocycles. The zero-order valence-electron chi connectivity index (χ0n) is 16.4. The third-order valence-corrected chi connectivity index (χ3v) is 6.11. The molecule has 0 radical (unpaired) electrons. The van der Waals surface area contributed by atoms with Crippen LogP contribution in [0.4, 0.5) is 10.7 Å². The maximum Gasteiger partial charge on any atom is 0.341 e. The predicted molar refractivity (Wildman–Crippen MR) is 116 cm³/mol. The van der Waals surface area contributed by atoms with Gasteiger partial charge in [0.15, 0.2) is 5.11 Å². The third-order valence-electron chi connectivity index (χ3n) is 4.74. The largest absolute Gasteiger partial charge is 0.497 e. The molecule has 1 aliphatic rings. The van der Waals surface area contributed by atoms with E-state index in [-0.39, 0.29) is 5.97 Å². The summed E-state index contributed by atoms with van der Waals surface area (Å²) in [6.45, 7) is 2.23. The Kier molecular flexibility index (Phi) is 6.41. The molecule has 1 unspecified atom stereocenters. The topological polar surface area (TPSA) is 68.8 Å². The van der Waals surface area contributed by atoms with Crippen molar-refractivity contribution in [3.05, 3.63) is 34.2 Å². The van der Waals surface area contributed by atoms with E-state index in [1.54, 1.807) is 31.6 Å². The summed E-state index contributed by atoms with van der Waals surface area (Å²) >= 11 is 7.05. The Labute approximate surface area is 174 Å². The maximum atomic E-state index is 12.4. The van der Waals surface area contributed by atoms with Gasteiger partial charge in [0.05, 0.1) is 26.9 Å². The van der Waals surface area contributed by atoms with Crippen molar-refractivity contribution in [1.29, 1.82) is 0 Å². The number of hydrogen-bond donors (Lipinski definition) is 2. The lowest BCUT2D eigenvalue weighted by atomic mass is 9.88. The SMILES string of the molecule is COC(=O)c1c(NC(=S)Nc2cc(OC)cc(OC)c2)sc2c1CCC(C)C2. The summed E-state index contributed by atoms with van der Waals surface area (Å²) in [5.74, 6) is 1.58. The Morgan fingerprint density at radius 1 is 1.14 bits per heavy atom. The first-order valence-corrected chi connectivity index (χ1v) is 10.2. The van der Waals surface area contributed by atoms with E-state index in [9.17, 15) is 4.79 Å². The van der Waals surface area contributed by atoms with Crippen LogP contribution in [-0.2, 0) is 17.6 Å². The van der Waals surface area contributed by atoms with E-state index in [1.807, 2.05) is 12.1 Å². The predicted octanol–water partition coefficient (Wildman–Crippen LogP) is 4.49. The van der Waals surface area contributed by atoms with Crippen LogP contribution < -0.4 is 20.1 Å². The molecular weight excluding hydrogens is 396 g/mol. The van der Waals surface area contributed by atoms with Crippen molar-refractivity contribution in [2.45, 2.75) is 26.2 Å². The molecule has 0 saturated carbocycles. The normalized spacial score (nSPS) is 15.4. The van der Waals surface area contributed by atoms with Gasteiger partial charge in [0.2, 0.25) is 0 Å². The van der Waals surface area contributed by atoms with Gasteiger partial charge in [-0.2, -0.15) is 0 Å². The van der Waals surface area contributed by atoms with Crippen LogP contribution in [-0.4, -0.2) is 32.4 Å². The number of thiocarbonyl (C=S) groups is 1. The second kappa shape index (κ2) is 8.79. The third kappa shape index (κ3) is 4.39. The van der Waals surface area contributed by atoms with Crippen LogP contribution in [0.2, 0.25) is 0 Å². The number of anilines is 2. The summed E-state index contributed by atoms with van der Waals surface area (Å²) in [5.41, 5.74) is 2.41. The molecule has 0 bridgehead atoms. The van der Waals surface area contributed by atoms with Crippen LogP contribution in [0, 0.1) is 5.92 Å². The highest BCUT2D eigenvalue weighted by Gasteiger charge is 2.28. The van der Waals surface area contributed by atoms with E-state index >= 15 is 0 Å². The zero-order chi connectivity index (χ0) is 20.3. The standard InChI is InChI=1S/C20H24N2O4S2/c1-11-5-6-15-16(7-11)28-18(17(15)19(23)26-4)22-20(27)21-12-8-13(24-2)10-14(9-12)25-3/h8-11H,5-7H2,1-4H3,(H2,21,22,27). The number of rotatable bonds is 5. The highest BCUT2D eigenvalue weighted by atomic mass is 32.1. The van der Waals surface area contributed by atoms with Gasteiger partial charge in [-0.25, -0.2) is 4.79 Å². The average Bonchev–Trinajstić information content (AvgIpc) is 3.03. The summed E-state index contributed by atoms with van der Waals surface area (Å²) in [4.78, 5) is 13.6. The van der Waals surface area contributed by atoms with Crippen LogP contribution in [0.15, 0.2) is 18.2 Å². The summed E-state index contributed by atoms with van der Waals surface area (Å²) in [5, 5.41) is 7.41. The Hall–Kier alpha value is -2.32. The number of ether oxygens (including phenoxy) is 3. The van der Waals surface area contributed by atoms with E-state index < -0.39 is 0 Å². The molecule has 0 amide bonds. The molecule has 150 valence electrons. The van der Waals surface area contributed by atoms with Crippen LogP contribution >= 0.6 is 23.6 Å². The van der Waals surface area contributed by atoms with E-state index in [2.05, 4.69) is 17.6 Å². The number of carbonyl (C=O) groups excluding carboxylic acids is 1. The van der Waals surface area contributed by atoms with Crippen LogP contribution in [0.5, 0.6) is 11.5 Å². The summed E-state index contributed by atoms with van der Waals surface area (Å²) in [6, 6.07) is 5.42. The number of benzene rings is 1. The number of nitrogens with one attached hydrogen (secondary N) is 2. The molecule has 1 aliphatic carbocycles. The first-order valence-electron chi connectivity index (χ1n) is 8.99. The van der Waals surface area contributed by atoms with Gasteiger partial charge in [0, 0.05) is 28.8 Å². The lowest BCUT2D eigenvalue weighted by Crippen LogP contribution is -2.20. The molecule has 8 heteroatoms. The Morgan fingerprint density at radius 2 is 1.82 bits per heavy atom. The zero-order valence-corrected chi connectivity index (χ0v) is 18.0. The van der Waals surface area contributed by atoms with Crippen molar-refractivity contribution < 1.29 is 19.0 Å². The van der Waals surface area contributed by atoms with Crippen LogP contribution in [0.3, 0.4) is 0 Å². The summed E-state index contributed by atoms with van der Waals surface area (Å²) < 4.78 is 15.6. The fraction of sp³-hybridized carbons (Fsp3) is 0.400. The minimum atomic E-state index is -0.333. The molecule has 0 fully saturated rings.